The highest BCUT2D eigenvalue weighted by molar-refractivity contribution is 7.90. The molecule has 1 aliphatic heterocycles. The molecule has 1 atom stereocenters. The summed E-state index contributed by atoms with van der Waals surface area (Å²) in [5.74, 6) is 0.507. The number of nitrogens with zero attached hydrogens (tertiary/aromatic N) is 3. The first-order valence-corrected chi connectivity index (χ1v) is 8.59. The molecule has 0 saturated heterocycles. The van der Waals surface area contributed by atoms with Crippen molar-refractivity contribution in [3.63, 3.8) is 0 Å². The Morgan fingerprint density at radius 2 is 2.09 bits per heavy atom. The van der Waals surface area contributed by atoms with Crippen LogP contribution < -0.4 is 5.32 Å². The Morgan fingerprint density at radius 3 is 2.64 bits per heavy atom. The lowest BCUT2D eigenvalue weighted by molar-refractivity contribution is 0.426. The Labute approximate surface area is 130 Å². The van der Waals surface area contributed by atoms with Gasteiger partial charge in [-0.25, -0.2) is 5.01 Å². The number of phenolic OH excluding ortho intramolecular Hbond substituents is 1. The molecule has 2 rings (SSSR count). The predicted octanol–water partition coefficient (Wildman–Crippen LogP) is 1.37. The van der Waals surface area contributed by atoms with Gasteiger partial charge in [-0.3, -0.25) is 0 Å². The largest absolute Gasteiger partial charge is 0.508 e. The van der Waals surface area contributed by atoms with Gasteiger partial charge in [0.2, 0.25) is 5.96 Å². The number of rotatable bonds is 4. The highest BCUT2D eigenvalue weighted by atomic mass is 32.2. The quantitative estimate of drug-likeness (QED) is 0.644. The second-order valence-corrected chi connectivity index (χ2v) is 6.53. The minimum Gasteiger partial charge on any atom is -0.508 e. The molecule has 1 aromatic carbocycles. The van der Waals surface area contributed by atoms with E-state index in [0.717, 1.165) is 6.42 Å². The van der Waals surface area contributed by atoms with Crippen LogP contribution in [-0.2, 0) is 10.0 Å². The topological polar surface area (TPSA) is 94.4 Å². The summed E-state index contributed by atoms with van der Waals surface area (Å²) in [4.78, 5) is 0.0240. The van der Waals surface area contributed by atoms with Crippen molar-refractivity contribution in [2.24, 2.45) is 15.4 Å². The average molecular weight is 324 g/mol. The summed E-state index contributed by atoms with van der Waals surface area (Å²) >= 11 is 0. The number of nitrogens with one attached hydrogen (secondary N) is 1. The molecule has 0 radical (unpaired) electrons. The molecule has 1 unspecified atom stereocenters. The zero-order valence-corrected chi connectivity index (χ0v) is 13.4. The van der Waals surface area contributed by atoms with Crippen LogP contribution >= 0.6 is 0 Å². The number of guanidine groups is 1. The molecule has 1 aromatic rings. The SMILES string of the molecule is CCN/C(=N\S(=O)(=O)c1ccc(O)cc1)N1CC(CC)C=N1. The van der Waals surface area contributed by atoms with E-state index in [0.29, 0.717) is 19.0 Å². The second kappa shape index (κ2) is 6.78. The first-order valence-electron chi connectivity index (χ1n) is 7.15. The van der Waals surface area contributed by atoms with Crippen LogP contribution in [0, 0.1) is 5.92 Å². The summed E-state index contributed by atoms with van der Waals surface area (Å²) in [7, 11) is -3.86. The van der Waals surface area contributed by atoms with Gasteiger partial charge in [0.15, 0.2) is 0 Å². The molecule has 7 nitrogen and oxygen atoms in total. The van der Waals surface area contributed by atoms with Gasteiger partial charge < -0.3 is 10.4 Å². The normalized spacial score (nSPS) is 18.7. The number of sulfonamides is 1. The summed E-state index contributed by atoms with van der Waals surface area (Å²) in [5, 5.41) is 18.0. The second-order valence-electron chi connectivity index (χ2n) is 4.93. The van der Waals surface area contributed by atoms with Crippen LogP contribution in [0.15, 0.2) is 38.7 Å². The Bertz CT molecular complexity index is 668. The fourth-order valence-electron chi connectivity index (χ4n) is 1.98. The monoisotopic (exact) mass is 324 g/mol. The first-order chi connectivity index (χ1) is 10.5. The molecule has 0 bridgehead atoms. The Kier molecular flexibility index (Phi) is 5.02. The molecule has 0 amide bonds. The number of hydrogen-bond acceptors (Lipinski definition) is 4. The van der Waals surface area contributed by atoms with Crippen molar-refractivity contribution in [1.82, 2.24) is 10.3 Å². The maximum Gasteiger partial charge on any atom is 0.285 e. The predicted molar refractivity (Wildman–Crippen MR) is 85.4 cm³/mol. The third-order valence-corrected chi connectivity index (χ3v) is 4.55. The lowest BCUT2D eigenvalue weighted by atomic mass is 10.1. The van der Waals surface area contributed by atoms with Gasteiger partial charge in [-0.1, -0.05) is 6.92 Å². The van der Waals surface area contributed by atoms with Crippen molar-refractivity contribution in [3.05, 3.63) is 24.3 Å². The van der Waals surface area contributed by atoms with Crippen LogP contribution in [0.5, 0.6) is 5.75 Å². The van der Waals surface area contributed by atoms with E-state index >= 15 is 0 Å². The van der Waals surface area contributed by atoms with Crippen LogP contribution in [-0.4, -0.2) is 43.8 Å². The van der Waals surface area contributed by atoms with E-state index in [9.17, 15) is 13.5 Å². The molecule has 1 aliphatic rings. The molecule has 22 heavy (non-hydrogen) atoms. The van der Waals surface area contributed by atoms with Crippen LogP contribution in [0.25, 0.3) is 0 Å². The van der Waals surface area contributed by atoms with E-state index < -0.39 is 10.0 Å². The number of aromatic hydroxyl groups is 1. The van der Waals surface area contributed by atoms with Gasteiger partial charge in [0.25, 0.3) is 10.0 Å². The van der Waals surface area contributed by atoms with E-state index in [1.807, 2.05) is 6.92 Å². The van der Waals surface area contributed by atoms with Crippen molar-refractivity contribution in [3.8, 4) is 5.75 Å². The molecule has 1 heterocycles. The number of hydrogen-bond donors (Lipinski definition) is 2. The van der Waals surface area contributed by atoms with Crippen molar-refractivity contribution in [2.75, 3.05) is 13.1 Å². The van der Waals surface area contributed by atoms with E-state index in [1.165, 1.54) is 24.3 Å². The van der Waals surface area contributed by atoms with Gasteiger partial charge >= 0.3 is 0 Å². The fraction of sp³-hybridized carbons (Fsp3) is 0.429. The summed E-state index contributed by atoms with van der Waals surface area (Å²) in [5.41, 5.74) is 0. The Hall–Kier alpha value is -2.09. The van der Waals surface area contributed by atoms with Crippen LogP contribution in [0.4, 0.5) is 0 Å². The summed E-state index contributed by atoms with van der Waals surface area (Å²) in [6.07, 6.45) is 2.74. The summed E-state index contributed by atoms with van der Waals surface area (Å²) in [6, 6.07) is 5.27. The molecule has 8 heteroatoms. The number of hydrazone groups is 1. The van der Waals surface area contributed by atoms with Gasteiger partial charge in [-0.2, -0.15) is 13.5 Å². The Morgan fingerprint density at radius 1 is 1.41 bits per heavy atom. The zero-order chi connectivity index (χ0) is 16.2. The van der Waals surface area contributed by atoms with Gasteiger partial charge in [-0.15, -0.1) is 4.40 Å². The zero-order valence-electron chi connectivity index (χ0n) is 12.6. The Balaban J connectivity index is 2.29. The number of benzene rings is 1. The molecule has 0 aliphatic carbocycles. The smallest absolute Gasteiger partial charge is 0.285 e. The first kappa shape index (κ1) is 16.3. The van der Waals surface area contributed by atoms with Crippen LogP contribution in [0.2, 0.25) is 0 Å². The molecule has 0 fully saturated rings. The van der Waals surface area contributed by atoms with E-state index in [1.54, 1.807) is 11.2 Å². The molecule has 0 spiro atoms. The third-order valence-electron chi connectivity index (χ3n) is 3.27. The van der Waals surface area contributed by atoms with Crippen molar-refractivity contribution >= 4 is 22.2 Å². The van der Waals surface area contributed by atoms with E-state index in [-0.39, 0.29) is 16.6 Å². The summed E-state index contributed by atoms with van der Waals surface area (Å²) < 4.78 is 28.6. The van der Waals surface area contributed by atoms with Gasteiger partial charge in [-0.05, 0) is 37.6 Å². The van der Waals surface area contributed by atoms with Gasteiger partial charge in [0.05, 0.1) is 11.4 Å². The highest BCUT2D eigenvalue weighted by Crippen LogP contribution is 2.18. The van der Waals surface area contributed by atoms with E-state index in [4.69, 9.17) is 0 Å². The van der Waals surface area contributed by atoms with Crippen LogP contribution in [0.1, 0.15) is 20.3 Å². The standard InChI is InChI=1S/C14H20N4O3S/c1-3-11-9-16-18(10-11)14(15-4-2)17-22(20,21)13-7-5-12(19)6-8-13/h5-9,11,19H,3-4,10H2,1-2H3,(H,15,17). The molecule has 2 N–H and O–H groups in total. The molecule has 0 saturated carbocycles. The lowest BCUT2D eigenvalue weighted by Gasteiger charge is -2.18. The van der Waals surface area contributed by atoms with Crippen molar-refractivity contribution in [2.45, 2.75) is 25.2 Å². The minimum atomic E-state index is -3.86. The van der Waals surface area contributed by atoms with Crippen molar-refractivity contribution < 1.29 is 13.5 Å². The molecule has 0 aromatic heterocycles. The summed E-state index contributed by atoms with van der Waals surface area (Å²) in [6.45, 7) is 5.05. The van der Waals surface area contributed by atoms with Gasteiger partial charge in [0.1, 0.15) is 5.75 Å². The average Bonchev–Trinajstić information content (AvgIpc) is 2.96. The fourth-order valence-corrected chi connectivity index (χ4v) is 2.95. The lowest BCUT2D eigenvalue weighted by Crippen LogP contribution is -2.38. The molecule has 120 valence electrons. The van der Waals surface area contributed by atoms with E-state index in [2.05, 4.69) is 21.7 Å². The van der Waals surface area contributed by atoms with Crippen LogP contribution in [0.3, 0.4) is 0 Å². The number of phenols is 1. The minimum absolute atomic E-state index is 0.00441. The third kappa shape index (κ3) is 3.76. The molecular formula is C14H20N4O3S. The highest BCUT2D eigenvalue weighted by Gasteiger charge is 2.23. The van der Waals surface area contributed by atoms with Crippen molar-refractivity contribution in [1.29, 1.82) is 0 Å². The maximum atomic E-state index is 12.3. The maximum absolute atomic E-state index is 12.3. The molecular weight excluding hydrogens is 304 g/mol. The van der Waals surface area contributed by atoms with Gasteiger partial charge in [0, 0.05) is 18.7 Å².